The van der Waals surface area contributed by atoms with Gasteiger partial charge in [-0.2, -0.15) is 0 Å². The smallest absolute Gasteiger partial charge is 0.168 e. The van der Waals surface area contributed by atoms with E-state index in [-0.39, 0.29) is 12.2 Å². The maximum Gasteiger partial charge on any atom is 0.168 e. The third-order valence-corrected chi connectivity index (χ3v) is 3.11. The quantitative estimate of drug-likeness (QED) is 0.921. The molecule has 4 heteroatoms. The third-order valence-electron chi connectivity index (χ3n) is 3.11. The summed E-state index contributed by atoms with van der Waals surface area (Å²) >= 11 is 0. The number of hydrogen-bond acceptors (Lipinski definition) is 3. The van der Waals surface area contributed by atoms with E-state index in [1.807, 2.05) is 6.92 Å². The zero-order valence-corrected chi connectivity index (χ0v) is 11.2. The van der Waals surface area contributed by atoms with Crippen molar-refractivity contribution in [3.05, 3.63) is 52.7 Å². The molecule has 0 aliphatic heterocycles. The van der Waals surface area contributed by atoms with Gasteiger partial charge in [-0.15, -0.1) is 0 Å². The van der Waals surface area contributed by atoms with Gasteiger partial charge < -0.3 is 14.3 Å². The van der Waals surface area contributed by atoms with Gasteiger partial charge in [0.2, 0.25) is 0 Å². The van der Waals surface area contributed by atoms with Crippen LogP contribution in [0.4, 0.5) is 4.39 Å². The van der Waals surface area contributed by atoms with Gasteiger partial charge in [0.25, 0.3) is 0 Å². The minimum atomic E-state index is -0.793. The van der Waals surface area contributed by atoms with E-state index >= 15 is 0 Å². The summed E-state index contributed by atoms with van der Waals surface area (Å²) in [5.41, 5.74) is 1.12. The number of rotatable bonds is 4. The monoisotopic (exact) mass is 264 g/mol. The molecular formula is C15H17FO3. The van der Waals surface area contributed by atoms with Gasteiger partial charge in [-0.05, 0) is 31.5 Å². The highest BCUT2D eigenvalue weighted by molar-refractivity contribution is 5.33. The number of furan rings is 1. The molecule has 0 bridgehead atoms. The average molecular weight is 264 g/mol. The molecule has 2 aromatic rings. The lowest BCUT2D eigenvalue weighted by molar-refractivity contribution is 0.175. The second kappa shape index (κ2) is 5.45. The van der Waals surface area contributed by atoms with Gasteiger partial charge in [-0.3, -0.25) is 0 Å². The van der Waals surface area contributed by atoms with E-state index in [0.717, 1.165) is 5.76 Å². The van der Waals surface area contributed by atoms with Gasteiger partial charge in [0.15, 0.2) is 11.6 Å². The fourth-order valence-electron chi connectivity index (χ4n) is 2.17. The topological polar surface area (TPSA) is 42.6 Å². The molecule has 1 aromatic carbocycles. The van der Waals surface area contributed by atoms with Gasteiger partial charge in [0, 0.05) is 12.0 Å². The fourth-order valence-corrected chi connectivity index (χ4v) is 2.17. The second-order valence-electron chi connectivity index (χ2n) is 4.52. The number of hydrogen-bond donors (Lipinski definition) is 1. The van der Waals surface area contributed by atoms with Crippen LogP contribution in [0, 0.1) is 19.7 Å². The molecule has 102 valence electrons. The first-order chi connectivity index (χ1) is 9.02. The first-order valence-electron chi connectivity index (χ1n) is 6.09. The van der Waals surface area contributed by atoms with Crippen LogP contribution >= 0.6 is 0 Å². The minimum Gasteiger partial charge on any atom is -0.494 e. The highest BCUT2D eigenvalue weighted by Gasteiger charge is 2.18. The van der Waals surface area contributed by atoms with Gasteiger partial charge in [0.1, 0.15) is 11.5 Å². The summed E-state index contributed by atoms with van der Waals surface area (Å²) in [5, 5.41) is 10.2. The maximum atomic E-state index is 14.0. The largest absolute Gasteiger partial charge is 0.494 e. The summed E-state index contributed by atoms with van der Waals surface area (Å²) < 4.78 is 24.3. The molecule has 0 aliphatic rings. The van der Waals surface area contributed by atoms with Crippen molar-refractivity contribution < 1.29 is 18.7 Å². The molecule has 0 saturated carbocycles. The van der Waals surface area contributed by atoms with Crippen molar-refractivity contribution in [2.45, 2.75) is 26.4 Å². The summed E-state index contributed by atoms with van der Waals surface area (Å²) in [6.45, 7) is 3.60. The van der Waals surface area contributed by atoms with E-state index in [4.69, 9.17) is 9.15 Å². The van der Waals surface area contributed by atoms with E-state index in [1.165, 1.54) is 7.11 Å². The van der Waals surface area contributed by atoms with Crippen molar-refractivity contribution in [3.8, 4) is 5.75 Å². The molecule has 3 nitrogen and oxygen atoms in total. The van der Waals surface area contributed by atoms with Crippen LogP contribution in [0.5, 0.6) is 5.75 Å². The molecule has 0 amide bonds. The molecule has 0 aliphatic carbocycles. The number of aliphatic hydroxyl groups excluding tert-OH is 1. The Hall–Kier alpha value is -1.81. The van der Waals surface area contributed by atoms with Crippen LogP contribution in [-0.2, 0) is 6.42 Å². The Balaban J connectivity index is 2.24. The zero-order valence-electron chi connectivity index (χ0n) is 11.2. The number of halogens is 1. The molecule has 0 spiro atoms. The highest BCUT2D eigenvalue weighted by Crippen LogP contribution is 2.28. The Labute approximate surface area is 111 Å². The summed E-state index contributed by atoms with van der Waals surface area (Å²) in [4.78, 5) is 0. The van der Waals surface area contributed by atoms with E-state index < -0.39 is 11.9 Å². The van der Waals surface area contributed by atoms with Crippen molar-refractivity contribution in [3.63, 3.8) is 0 Å². The van der Waals surface area contributed by atoms with E-state index in [2.05, 4.69) is 0 Å². The van der Waals surface area contributed by atoms with Crippen LogP contribution in [0.25, 0.3) is 0 Å². The molecule has 1 aromatic heterocycles. The SMILES string of the molecule is COc1cccc(CC(O)c2cc(C)oc2C)c1F. The molecular weight excluding hydrogens is 247 g/mol. The number of aryl methyl sites for hydroxylation is 2. The standard InChI is InChI=1S/C15H17FO3/c1-9-7-12(10(2)19-9)13(17)8-11-5-4-6-14(18-3)15(11)16/h4-7,13,17H,8H2,1-3H3. The molecule has 1 heterocycles. The third kappa shape index (κ3) is 2.79. The number of benzene rings is 1. The predicted molar refractivity (Wildman–Crippen MR) is 69.8 cm³/mol. The van der Waals surface area contributed by atoms with Crippen LogP contribution in [0.2, 0.25) is 0 Å². The Morgan fingerprint density at radius 1 is 1.37 bits per heavy atom. The normalized spacial score (nSPS) is 12.5. The van der Waals surface area contributed by atoms with Crippen molar-refractivity contribution in [2.24, 2.45) is 0 Å². The van der Waals surface area contributed by atoms with E-state index in [1.54, 1.807) is 31.2 Å². The Morgan fingerprint density at radius 2 is 2.11 bits per heavy atom. The summed E-state index contributed by atoms with van der Waals surface area (Å²) in [7, 11) is 1.42. The second-order valence-corrected chi connectivity index (χ2v) is 4.52. The molecule has 1 atom stereocenters. The molecule has 0 radical (unpaired) electrons. The summed E-state index contributed by atoms with van der Waals surface area (Å²) in [6, 6.07) is 6.68. The molecule has 2 rings (SSSR count). The first-order valence-corrected chi connectivity index (χ1v) is 6.09. The summed E-state index contributed by atoms with van der Waals surface area (Å²) in [6.07, 6.45) is -0.609. The van der Waals surface area contributed by atoms with Gasteiger partial charge in [-0.1, -0.05) is 12.1 Å². The number of aliphatic hydroxyl groups is 1. The molecule has 0 saturated heterocycles. The Kier molecular flexibility index (Phi) is 3.90. The maximum absolute atomic E-state index is 14.0. The zero-order chi connectivity index (χ0) is 14.0. The van der Waals surface area contributed by atoms with Crippen molar-refractivity contribution >= 4 is 0 Å². The lowest BCUT2D eigenvalue weighted by Gasteiger charge is -2.12. The van der Waals surface area contributed by atoms with E-state index in [0.29, 0.717) is 16.9 Å². The van der Waals surface area contributed by atoms with Crippen LogP contribution in [0.15, 0.2) is 28.7 Å². The van der Waals surface area contributed by atoms with Gasteiger partial charge in [-0.25, -0.2) is 4.39 Å². The van der Waals surface area contributed by atoms with Crippen LogP contribution in [-0.4, -0.2) is 12.2 Å². The number of ether oxygens (including phenoxy) is 1. The van der Waals surface area contributed by atoms with Gasteiger partial charge in [0.05, 0.1) is 13.2 Å². The van der Waals surface area contributed by atoms with E-state index in [9.17, 15) is 9.50 Å². The Bertz CT molecular complexity index is 575. The van der Waals surface area contributed by atoms with Crippen molar-refractivity contribution in [2.75, 3.05) is 7.11 Å². The van der Waals surface area contributed by atoms with Crippen LogP contribution in [0.1, 0.15) is 28.8 Å². The van der Waals surface area contributed by atoms with Crippen LogP contribution in [0.3, 0.4) is 0 Å². The molecule has 1 unspecified atom stereocenters. The molecule has 0 fully saturated rings. The van der Waals surface area contributed by atoms with Crippen molar-refractivity contribution in [1.29, 1.82) is 0 Å². The Morgan fingerprint density at radius 3 is 2.68 bits per heavy atom. The lowest BCUT2D eigenvalue weighted by Crippen LogP contribution is -2.04. The average Bonchev–Trinajstić information content (AvgIpc) is 2.71. The van der Waals surface area contributed by atoms with Crippen LogP contribution < -0.4 is 4.74 Å². The predicted octanol–water partition coefficient (Wildman–Crippen LogP) is 3.32. The molecule has 1 N–H and O–H groups in total. The number of methoxy groups -OCH3 is 1. The summed E-state index contributed by atoms with van der Waals surface area (Å²) in [5.74, 6) is 1.15. The molecule has 19 heavy (non-hydrogen) atoms. The van der Waals surface area contributed by atoms with Gasteiger partial charge >= 0.3 is 0 Å². The van der Waals surface area contributed by atoms with Crippen molar-refractivity contribution in [1.82, 2.24) is 0 Å². The lowest BCUT2D eigenvalue weighted by atomic mass is 10.0. The highest BCUT2D eigenvalue weighted by atomic mass is 19.1. The first kappa shape index (κ1) is 13.6. The minimum absolute atomic E-state index is 0.183. The fraction of sp³-hybridized carbons (Fsp3) is 0.333.